The molecule has 1 aliphatic rings. The Balaban J connectivity index is 1.47. The Bertz CT molecular complexity index is 728. The molecule has 26 heavy (non-hydrogen) atoms. The highest BCUT2D eigenvalue weighted by molar-refractivity contribution is 5.93. The van der Waals surface area contributed by atoms with Gasteiger partial charge in [-0.2, -0.15) is 0 Å². The average Bonchev–Trinajstić information content (AvgIpc) is 2.68. The molecule has 0 atom stereocenters. The van der Waals surface area contributed by atoms with Gasteiger partial charge in [-0.3, -0.25) is 10.1 Å². The lowest BCUT2D eigenvalue weighted by molar-refractivity contribution is 0.0642. The molecule has 0 saturated carbocycles. The van der Waals surface area contributed by atoms with Crippen LogP contribution < -0.4 is 15.4 Å². The van der Waals surface area contributed by atoms with Gasteiger partial charge in [0.15, 0.2) is 0 Å². The van der Waals surface area contributed by atoms with Crippen LogP contribution in [0.5, 0.6) is 5.75 Å². The number of pyridine rings is 1. The molecule has 2 N–H and O–H groups in total. The first-order valence-electron chi connectivity index (χ1n) is 8.56. The highest BCUT2D eigenvalue weighted by Gasteiger charge is 2.16. The molecule has 1 aliphatic heterocycles. The Labute approximate surface area is 151 Å². The zero-order valence-corrected chi connectivity index (χ0v) is 14.3. The Hall–Kier alpha value is -2.93. The molecule has 2 amide bonds. The van der Waals surface area contributed by atoms with Crippen molar-refractivity contribution in [3.05, 3.63) is 54.4 Å². The van der Waals surface area contributed by atoms with Crippen LogP contribution in [0.3, 0.4) is 0 Å². The van der Waals surface area contributed by atoms with Crippen LogP contribution in [0.25, 0.3) is 0 Å². The Morgan fingerprint density at radius 1 is 1.12 bits per heavy atom. The zero-order valence-electron chi connectivity index (χ0n) is 14.3. The normalized spacial score (nSPS) is 14.5. The summed E-state index contributed by atoms with van der Waals surface area (Å²) in [7, 11) is 0. The lowest BCUT2D eigenvalue weighted by atomic mass is 10.0. The van der Waals surface area contributed by atoms with E-state index in [1.165, 1.54) is 6.20 Å². The van der Waals surface area contributed by atoms with Gasteiger partial charge in [0.05, 0.1) is 11.9 Å². The maximum absolute atomic E-state index is 12.1. The van der Waals surface area contributed by atoms with Gasteiger partial charge in [0.1, 0.15) is 11.4 Å². The van der Waals surface area contributed by atoms with Crippen molar-refractivity contribution in [2.24, 2.45) is 5.92 Å². The summed E-state index contributed by atoms with van der Waals surface area (Å²) in [5.74, 6) is 0.665. The predicted molar refractivity (Wildman–Crippen MR) is 96.2 cm³/mol. The van der Waals surface area contributed by atoms with Gasteiger partial charge in [-0.15, -0.1) is 0 Å². The van der Waals surface area contributed by atoms with Gasteiger partial charge < -0.3 is 14.8 Å². The van der Waals surface area contributed by atoms with E-state index in [-0.39, 0.29) is 5.91 Å². The Kier molecular flexibility index (Phi) is 6.16. The van der Waals surface area contributed by atoms with Crippen molar-refractivity contribution in [1.82, 2.24) is 10.3 Å². The third-order valence-corrected chi connectivity index (χ3v) is 4.09. The number of ether oxygens (including phenoxy) is 2. The summed E-state index contributed by atoms with van der Waals surface area (Å²) in [6, 6.07) is 11.9. The molecule has 0 aliphatic carbocycles. The fraction of sp³-hybridized carbons (Fsp3) is 0.316. The smallest absolute Gasteiger partial charge is 0.410 e. The van der Waals surface area contributed by atoms with Crippen molar-refractivity contribution in [2.75, 3.05) is 25.1 Å². The highest BCUT2D eigenvalue weighted by Crippen LogP contribution is 2.14. The lowest BCUT2D eigenvalue weighted by Gasteiger charge is -2.22. The second kappa shape index (κ2) is 8.96. The number of amides is 2. The maximum atomic E-state index is 12.1. The highest BCUT2D eigenvalue weighted by atomic mass is 16.6. The third-order valence-electron chi connectivity index (χ3n) is 4.09. The number of hydrogen-bond donors (Lipinski definition) is 2. The molecule has 1 aromatic carbocycles. The van der Waals surface area contributed by atoms with Crippen LogP contribution in [-0.2, 0) is 4.74 Å². The molecular weight excluding hydrogens is 334 g/mol. The molecule has 1 saturated heterocycles. The summed E-state index contributed by atoms with van der Waals surface area (Å²) < 4.78 is 10.4. The van der Waals surface area contributed by atoms with E-state index in [1.54, 1.807) is 36.4 Å². The summed E-state index contributed by atoms with van der Waals surface area (Å²) in [6.45, 7) is 2.11. The van der Waals surface area contributed by atoms with Crippen molar-refractivity contribution in [3.8, 4) is 5.75 Å². The molecule has 3 rings (SSSR count). The van der Waals surface area contributed by atoms with E-state index in [2.05, 4.69) is 15.6 Å². The topological polar surface area (TPSA) is 89.6 Å². The number of carbonyl (C=O) groups excluding carboxylic acids is 2. The minimum absolute atomic E-state index is 0.227. The summed E-state index contributed by atoms with van der Waals surface area (Å²) in [5, 5.41) is 5.46. The summed E-state index contributed by atoms with van der Waals surface area (Å²) >= 11 is 0. The second-order valence-electron chi connectivity index (χ2n) is 6.03. The number of aromatic nitrogens is 1. The second-order valence-corrected chi connectivity index (χ2v) is 6.03. The average molecular weight is 355 g/mol. The number of nitrogens with one attached hydrogen (secondary N) is 2. The van der Waals surface area contributed by atoms with E-state index in [0.29, 0.717) is 29.6 Å². The Morgan fingerprint density at radius 3 is 2.58 bits per heavy atom. The van der Waals surface area contributed by atoms with E-state index < -0.39 is 6.09 Å². The number of anilines is 1. The number of para-hydroxylation sites is 1. The number of nitrogens with zero attached hydrogens (tertiary/aromatic N) is 1. The molecular formula is C19H21N3O4. The van der Waals surface area contributed by atoms with Crippen LogP contribution in [0.1, 0.15) is 23.3 Å². The molecule has 2 aromatic rings. The van der Waals surface area contributed by atoms with Crippen LogP contribution in [0, 0.1) is 5.92 Å². The van der Waals surface area contributed by atoms with Gasteiger partial charge in [-0.25, -0.2) is 9.78 Å². The van der Waals surface area contributed by atoms with E-state index in [4.69, 9.17) is 9.47 Å². The maximum Gasteiger partial charge on any atom is 0.417 e. The van der Waals surface area contributed by atoms with Crippen LogP contribution >= 0.6 is 0 Å². The van der Waals surface area contributed by atoms with Crippen molar-refractivity contribution in [1.29, 1.82) is 0 Å². The van der Waals surface area contributed by atoms with Crippen molar-refractivity contribution in [3.63, 3.8) is 0 Å². The summed E-state index contributed by atoms with van der Waals surface area (Å²) in [4.78, 5) is 28.1. The van der Waals surface area contributed by atoms with Crippen molar-refractivity contribution in [2.45, 2.75) is 12.8 Å². The SMILES string of the molecule is O=C(Nc1ccc(C(=O)NCC2CCOCC2)nc1)Oc1ccccc1. The fourth-order valence-corrected chi connectivity index (χ4v) is 2.62. The van der Waals surface area contributed by atoms with Gasteiger partial charge in [-0.05, 0) is 43.0 Å². The quantitative estimate of drug-likeness (QED) is 0.861. The Morgan fingerprint density at radius 2 is 1.88 bits per heavy atom. The molecule has 7 heteroatoms. The molecule has 0 radical (unpaired) electrons. The predicted octanol–water partition coefficient (Wildman–Crippen LogP) is 2.85. The number of benzene rings is 1. The summed E-state index contributed by atoms with van der Waals surface area (Å²) in [5.41, 5.74) is 0.756. The third kappa shape index (κ3) is 5.29. The van der Waals surface area contributed by atoms with E-state index in [1.807, 2.05) is 6.07 Å². The van der Waals surface area contributed by atoms with Gasteiger partial charge >= 0.3 is 6.09 Å². The minimum Gasteiger partial charge on any atom is -0.410 e. The number of carbonyl (C=O) groups is 2. The number of hydrogen-bond acceptors (Lipinski definition) is 5. The monoisotopic (exact) mass is 355 g/mol. The molecule has 0 bridgehead atoms. The van der Waals surface area contributed by atoms with Crippen molar-refractivity contribution >= 4 is 17.7 Å². The first kappa shape index (κ1) is 17.9. The van der Waals surface area contributed by atoms with Gasteiger partial charge in [-0.1, -0.05) is 18.2 Å². The van der Waals surface area contributed by atoms with Gasteiger partial charge in [0, 0.05) is 19.8 Å². The first-order chi connectivity index (χ1) is 12.7. The van der Waals surface area contributed by atoms with Gasteiger partial charge in [0.2, 0.25) is 0 Å². The van der Waals surface area contributed by atoms with Crippen LogP contribution in [0.2, 0.25) is 0 Å². The molecule has 136 valence electrons. The standard InChI is InChI=1S/C19H21N3O4/c23-18(21-12-14-8-10-25-11-9-14)17-7-6-15(13-20-17)22-19(24)26-16-4-2-1-3-5-16/h1-7,13-14H,8-12H2,(H,21,23)(H,22,24). The molecule has 0 spiro atoms. The minimum atomic E-state index is -0.616. The lowest BCUT2D eigenvalue weighted by Crippen LogP contribution is -2.32. The van der Waals surface area contributed by atoms with Crippen LogP contribution in [0.15, 0.2) is 48.7 Å². The first-order valence-corrected chi connectivity index (χ1v) is 8.56. The van der Waals surface area contributed by atoms with E-state index in [9.17, 15) is 9.59 Å². The largest absolute Gasteiger partial charge is 0.417 e. The van der Waals surface area contributed by atoms with Crippen LogP contribution in [0.4, 0.5) is 10.5 Å². The molecule has 0 unspecified atom stereocenters. The molecule has 2 heterocycles. The van der Waals surface area contributed by atoms with Gasteiger partial charge in [0.25, 0.3) is 5.91 Å². The summed E-state index contributed by atoms with van der Waals surface area (Å²) in [6.07, 6.45) is 2.73. The molecule has 1 aromatic heterocycles. The van der Waals surface area contributed by atoms with E-state index >= 15 is 0 Å². The van der Waals surface area contributed by atoms with Crippen molar-refractivity contribution < 1.29 is 19.1 Å². The molecule has 7 nitrogen and oxygen atoms in total. The zero-order chi connectivity index (χ0) is 18.2. The molecule has 1 fully saturated rings. The number of rotatable bonds is 5. The van der Waals surface area contributed by atoms with Crippen LogP contribution in [-0.4, -0.2) is 36.7 Å². The van der Waals surface area contributed by atoms with E-state index in [0.717, 1.165) is 26.1 Å². The fourth-order valence-electron chi connectivity index (χ4n) is 2.62.